The standard InChI is InChI=1S/C22H26Cl2N10O2.C13H11Cl2N7OS/c23-15-4-3-14(16(24)11-15)12-26-20-18(19(25)36)21-28-29-30-34(21)22(27-20)33-9-7-32(8-10-33)17(35)13-31-5-1-2-6-31;1-24-13-18-11(9(10(16)23)12-19-20-21-22(12)13)17-5-6-2-3-7(14)4-8(6)15/h3-4,11,26H,1-2,5-10,12-13H2,(H2,25,36);2-4,17H,5H2,1H3,(H2,16,23). The first-order valence-electron chi connectivity index (χ1n) is 18.4. The summed E-state index contributed by atoms with van der Waals surface area (Å²) >= 11 is 25.7. The van der Waals surface area contributed by atoms with Crippen molar-refractivity contribution in [3.63, 3.8) is 0 Å². The molecule has 0 spiro atoms. The zero-order chi connectivity index (χ0) is 42.5. The number of amides is 3. The smallest absolute Gasteiger partial charge is 0.256 e. The van der Waals surface area contributed by atoms with Gasteiger partial charge in [0.1, 0.15) is 22.8 Å². The number of likely N-dealkylation sites (tertiary alicyclic amines) is 1. The highest BCUT2D eigenvalue weighted by Crippen LogP contribution is 2.28. The van der Waals surface area contributed by atoms with E-state index in [0.29, 0.717) is 76.3 Å². The number of fused-ring (bicyclic) bond motifs is 2. The second-order valence-electron chi connectivity index (χ2n) is 13.5. The monoisotopic (exact) mass is 915 g/mol. The number of piperazine rings is 1. The van der Waals surface area contributed by atoms with Gasteiger partial charge in [-0.15, -0.1) is 10.2 Å². The molecule has 2 aliphatic heterocycles. The number of nitrogens with zero attached hydrogens (tertiary/aromatic N) is 13. The largest absolute Gasteiger partial charge is 0.365 e. The quantitative estimate of drug-likeness (QED) is 0.101. The zero-order valence-electron chi connectivity index (χ0n) is 31.9. The number of primary amides is 2. The van der Waals surface area contributed by atoms with Gasteiger partial charge in [-0.2, -0.15) is 14.0 Å². The van der Waals surface area contributed by atoms with Crippen LogP contribution in [0.25, 0.3) is 11.3 Å². The molecule has 314 valence electrons. The van der Waals surface area contributed by atoms with Crippen LogP contribution in [0.3, 0.4) is 0 Å². The Morgan fingerprint density at radius 1 is 0.717 bits per heavy atom. The van der Waals surface area contributed by atoms with Crippen molar-refractivity contribution in [3.8, 4) is 0 Å². The molecule has 0 bridgehead atoms. The number of carbonyl (C=O) groups is 3. The van der Waals surface area contributed by atoms with Crippen molar-refractivity contribution in [2.45, 2.75) is 31.1 Å². The molecule has 2 saturated heterocycles. The van der Waals surface area contributed by atoms with Gasteiger partial charge in [-0.05, 0) is 88.4 Å². The normalized spacial score (nSPS) is 14.3. The molecule has 20 nitrogen and oxygen atoms in total. The summed E-state index contributed by atoms with van der Waals surface area (Å²) in [6.45, 7) is 5.24. The van der Waals surface area contributed by atoms with Gasteiger partial charge < -0.3 is 31.9 Å². The number of benzene rings is 2. The predicted octanol–water partition coefficient (Wildman–Crippen LogP) is 3.54. The van der Waals surface area contributed by atoms with Gasteiger partial charge in [-0.1, -0.05) is 70.3 Å². The maximum Gasteiger partial charge on any atom is 0.256 e. The third-order valence-electron chi connectivity index (χ3n) is 9.72. The maximum absolute atomic E-state index is 12.7. The van der Waals surface area contributed by atoms with Crippen LogP contribution in [0.5, 0.6) is 0 Å². The molecule has 0 atom stereocenters. The number of hydrogen-bond donors (Lipinski definition) is 4. The maximum atomic E-state index is 12.7. The summed E-state index contributed by atoms with van der Waals surface area (Å²) in [5.41, 5.74) is 13.3. The van der Waals surface area contributed by atoms with Crippen molar-refractivity contribution in [2.75, 3.05) is 67.6 Å². The fraction of sp³-hybridized carbons (Fsp3) is 0.343. The van der Waals surface area contributed by atoms with Gasteiger partial charge in [-0.3, -0.25) is 19.3 Å². The van der Waals surface area contributed by atoms with E-state index >= 15 is 0 Å². The van der Waals surface area contributed by atoms with Gasteiger partial charge in [0.25, 0.3) is 11.8 Å². The molecule has 2 aromatic carbocycles. The number of rotatable bonds is 12. The topological polar surface area (TPSA) is 249 Å². The Morgan fingerprint density at radius 3 is 1.75 bits per heavy atom. The summed E-state index contributed by atoms with van der Waals surface area (Å²) < 4.78 is 2.77. The summed E-state index contributed by atoms with van der Waals surface area (Å²) in [6.07, 6.45) is 4.13. The number of nitrogens with two attached hydrogens (primary N) is 2. The van der Waals surface area contributed by atoms with Crippen LogP contribution in [-0.4, -0.2) is 130 Å². The van der Waals surface area contributed by atoms with Crippen LogP contribution in [0.4, 0.5) is 17.6 Å². The average molecular weight is 918 g/mol. The molecule has 3 amide bonds. The number of hydrogen-bond acceptors (Lipinski definition) is 16. The molecule has 6 N–H and O–H groups in total. The first-order chi connectivity index (χ1) is 28.9. The molecular formula is C35H37Cl4N17O3S. The summed E-state index contributed by atoms with van der Waals surface area (Å²) in [5, 5.41) is 31.8. The van der Waals surface area contributed by atoms with E-state index in [-0.39, 0.29) is 40.7 Å². The highest BCUT2D eigenvalue weighted by Gasteiger charge is 2.29. The number of tetrazole rings is 2. The van der Waals surface area contributed by atoms with Gasteiger partial charge in [0.15, 0.2) is 16.5 Å². The summed E-state index contributed by atoms with van der Waals surface area (Å²) in [6, 6.07) is 10.3. The minimum absolute atomic E-state index is 0.0771. The van der Waals surface area contributed by atoms with Gasteiger partial charge in [-0.25, -0.2) is 4.98 Å². The molecular weight excluding hydrogens is 880 g/mol. The van der Waals surface area contributed by atoms with Gasteiger partial charge in [0, 0.05) is 59.4 Å². The molecule has 0 saturated carbocycles. The molecule has 0 radical (unpaired) electrons. The lowest BCUT2D eigenvalue weighted by molar-refractivity contribution is -0.132. The van der Waals surface area contributed by atoms with Crippen LogP contribution in [-0.2, 0) is 17.9 Å². The molecule has 0 aliphatic carbocycles. The van der Waals surface area contributed by atoms with Crippen LogP contribution in [0.2, 0.25) is 20.1 Å². The number of nitrogens with one attached hydrogen (secondary N) is 2. The molecule has 2 aliphatic rings. The summed E-state index contributed by atoms with van der Waals surface area (Å²) in [5.74, 6) is -0.256. The average Bonchev–Trinajstić information content (AvgIpc) is 4.03. The van der Waals surface area contributed by atoms with Crippen molar-refractivity contribution in [2.24, 2.45) is 11.5 Å². The lowest BCUT2D eigenvalue weighted by atomic mass is 10.2. The van der Waals surface area contributed by atoms with Crippen molar-refractivity contribution in [1.82, 2.24) is 59.8 Å². The fourth-order valence-corrected chi connectivity index (χ4v) is 8.11. The van der Waals surface area contributed by atoms with E-state index < -0.39 is 11.8 Å². The lowest BCUT2D eigenvalue weighted by Gasteiger charge is -2.36. The van der Waals surface area contributed by atoms with E-state index in [4.69, 9.17) is 57.9 Å². The van der Waals surface area contributed by atoms with Crippen molar-refractivity contribution in [1.29, 1.82) is 0 Å². The molecule has 60 heavy (non-hydrogen) atoms. The first-order valence-corrected chi connectivity index (χ1v) is 21.1. The van der Waals surface area contributed by atoms with E-state index in [1.165, 1.54) is 20.8 Å². The number of halogens is 4. The van der Waals surface area contributed by atoms with Gasteiger partial charge in [0.05, 0.1) is 6.54 Å². The number of anilines is 3. The molecule has 2 fully saturated rings. The molecule has 6 heterocycles. The molecule has 25 heteroatoms. The van der Waals surface area contributed by atoms with Crippen LogP contribution >= 0.6 is 58.2 Å². The van der Waals surface area contributed by atoms with Crippen molar-refractivity contribution in [3.05, 3.63) is 78.7 Å². The SMILES string of the molecule is CSc1nc(NCc2ccc(Cl)cc2Cl)c(C(N)=O)c2nnnn12.NC(=O)c1c(NCc2ccc(Cl)cc2Cl)nc(N2CCN(C(=O)CN3CCCC3)CC2)n2nnnc12. The molecule has 4 aromatic heterocycles. The Hall–Kier alpha value is -5.32. The summed E-state index contributed by atoms with van der Waals surface area (Å²) in [7, 11) is 0. The Bertz CT molecular complexity index is 2560. The highest BCUT2D eigenvalue weighted by molar-refractivity contribution is 7.98. The van der Waals surface area contributed by atoms with Gasteiger partial charge >= 0.3 is 0 Å². The third-order valence-corrected chi connectivity index (χ3v) is 11.5. The molecule has 6 aromatic rings. The van der Waals surface area contributed by atoms with Crippen molar-refractivity contribution < 1.29 is 14.4 Å². The van der Waals surface area contributed by atoms with E-state index in [1.54, 1.807) is 36.4 Å². The Morgan fingerprint density at radius 2 is 1.23 bits per heavy atom. The minimum Gasteiger partial charge on any atom is -0.365 e. The Balaban J connectivity index is 0.000000197. The first kappa shape index (κ1) is 42.8. The van der Waals surface area contributed by atoms with E-state index in [9.17, 15) is 14.4 Å². The van der Waals surface area contributed by atoms with Gasteiger partial charge in [0.2, 0.25) is 11.9 Å². The number of thioether (sulfide) groups is 1. The Kier molecular flexibility index (Phi) is 13.5. The van der Waals surface area contributed by atoms with Crippen LogP contribution in [0.15, 0.2) is 41.6 Å². The third kappa shape index (κ3) is 9.50. The second-order valence-corrected chi connectivity index (χ2v) is 16.0. The number of carbonyl (C=O) groups excluding carboxylic acids is 3. The van der Waals surface area contributed by atoms with Crippen LogP contribution < -0.4 is 27.0 Å². The minimum atomic E-state index is -0.712. The Labute approximate surface area is 366 Å². The number of aromatic nitrogens is 10. The predicted molar refractivity (Wildman–Crippen MR) is 228 cm³/mol. The lowest BCUT2D eigenvalue weighted by Crippen LogP contribution is -2.51. The highest BCUT2D eigenvalue weighted by atomic mass is 35.5. The van der Waals surface area contributed by atoms with E-state index in [0.717, 1.165) is 37.1 Å². The van der Waals surface area contributed by atoms with Crippen LogP contribution in [0.1, 0.15) is 44.7 Å². The molecule has 0 unspecified atom stereocenters. The zero-order valence-corrected chi connectivity index (χ0v) is 35.7. The second kappa shape index (κ2) is 18.9. The van der Waals surface area contributed by atoms with E-state index in [2.05, 4.69) is 56.6 Å². The fourth-order valence-electron chi connectivity index (χ4n) is 6.69. The summed E-state index contributed by atoms with van der Waals surface area (Å²) in [4.78, 5) is 52.1. The van der Waals surface area contributed by atoms with Crippen LogP contribution in [0, 0.1) is 0 Å². The molecule has 8 rings (SSSR count). The van der Waals surface area contributed by atoms with E-state index in [1.807, 2.05) is 16.1 Å². The van der Waals surface area contributed by atoms with Crippen molar-refractivity contribution >= 4 is 105 Å².